The Bertz CT molecular complexity index is 921. The first-order valence-corrected chi connectivity index (χ1v) is 9.02. The average molecular weight is 369 g/mol. The zero-order valence-corrected chi connectivity index (χ0v) is 15.3. The Hall–Kier alpha value is -2.86. The van der Waals surface area contributed by atoms with Gasteiger partial charge in [0.25, 0.3) is 5.91 Å². The Morgan fingerprint density at radius 2 is 2.08 bits per heavy atom. The SMILES string of the molecule is Cc1ccc(/C=C/C(=O)OCC(=O)N[C@H](C)c2cc3ccccc3o2)s1. The number of benzene rings is 1. The maximum Gasteiger partial charge on any atom is 0.331 e. The van der Waals surface area contributed by atoms with Crippen molar-refractivity contribution in [3.05, 3.63) is 64.1 Å². The van der Waals surface area contributed by atoms with Crippen LogP contribution in [0.4, 0.5) is 0 Å². The Morgan fingerprint density at radius 3 is 2.81 bits per heavy atom. The van der Waals surface area contributed by atoms with Crippen LogP contribution in [-0.4, -0.2) is 18.5 Å². The quantitative estimate of drug-likeness (QED) is 0.521. The maximum absolute atomic E-state index is 12.0. The number of thiophene rings is 1. The minimum atomic E-state index is -0.553. The van der Waals surface area contributed by atoms with Gasteiger partial charge >= 0.3 is 5.97 Å². The lowest BCUT2D eigenvalue weighted by Crippen LogP contribution is -2.30. The van der Waals surface area contributed by atoms with Crippen molar-refractivity contribution >= 4 is 40.3 Å². The number of carbonyl (C=O) groups is 2. The molecule has 1 atom stereocenters. The van der Waals surface area contributed by atoms with Crippen molar-refractivity contribution in [2.45, 2.75) is 19.9 Å². The Balaban J connectivity index is 1.48. The van der Waals surface area contributed by atoms with Crippen molar-refractivity contribution in [2.24, 2.45) is 0 Å². The molecule has 6 heteroatoms. The molecule has 0 aliphatic carbocycles. The lowest BCUT2D eigenvalue weighted by Gasteiger charge is -2.11. The summed E-state index contributed by atoms with van der Waals surface area (Å²) in [6, 6.07) is 13.1. The van der Waals surface area contributed by atoms with E-state index in [2.05, 4.69) is 5.32 Å². The molecule has 1 amide bonds. The van der Waals surface area contributed by atoms with Gasteiger partial charge in [0, 0.05) is 21.2 Å². The fourth-order valence-corrected chi connectivity index (χ4v) is 3.23. The molecule has 5 nitrogen and oxygen atoms in total. The lowest BCUT2D eigenvalue weighted by molar-refractivity contribution is -0.144. The third-order valence-corrected chi connectivity index (χ3v) is 4.71. The minimum absolute atomic E-state index is 0.321. The predicted molar refractivity (Wildman–Crippen MR) is 102 cm³/mol. The zero-order chi connectivity index (χ0) is 18.5. The molecule has 3 rings (SSSR count). The third kappa shape index (κ3) is 4.61. The van der Waals surface area contributed by atoms with Crippen LogP contribution >= 0.6 is 11.3 Å². The van der Waals surface area contributed by atoms with Crippen molar-refractivity contribution in [2.75, 3.05) is 6.61 Å². The van der Waals surface area contributed by atoms with Crippen LogP contribution in [0.25, 0.3) is 17.0 Å². The van der Waals surface area contributed by atoms with Gasteiger partial charge < -0.3 is 14.5 Å². The fraction of sp³-hybridized carbons (Fsp3) is 0.200. The number of aryl methyl sites for hydroxylation is 1. The predicted octanol–water partition coefficient (Wildman–Crippen LogP) is 4.24. The molecule has 2 heterocycles. The van der Waals surface area contributed by atoms with E-state index in [1.807, 2.05) is 56.3 Å². The van der Waals surface area contributed by atoms with Gasteiger partial charge in [0.05, 0.1) is 6.04 Å². The Labute approximate surface area is 155 Å². The first-order valence-electron chi connectivity index (χ1n) is 8.20. The van der Waals surface area contributed by atoms with E-state index in [1.54, 1.807) is 17.4 Å². The van der Waals surface area contributed by atoms with E-state index in [1.165, 1.54) is 6.08 Å². The van der Waals surface area contributed by atoms with Crippen LogP contribution in [0.1, 0.15) is 28.5 Å². The number of hydrogen-bond donors (Lipinski definition) is 1. The van der Waals surface area contributed by atoms with Gasteiger partial charge in [-0.15, -0.1) is 11.3 Å². The summed E-state index contributed by atoms with van der Waals surface area (Å²) in [5.74, 6) is -0.284. The summed E-state index contributed by atoms with van der Waals surface area (Å²) in [4.78, 5) is 25.8. The molecular formula is C20H19NO4S. The number of ether oxygens (including phenoxy) is 1. The number of carbonyl (C=O) groups excluding carboxylic acids is 2. The van der Waals surface area contributed by atoms with Crippen molar-refractivity contribution in [1.29, 1.82) is 0 Å². The summed E-state index contributed by atoms with van der Waals surface area (Å²) >= 11 is 1.58. The van der Waals surface area contributed by atoms with E-state index in [9.17, 15) is 9.59 Å². The fourth-order valence-electron chi connectivity index (χ4n) is 2.45. The number of esters is 1. The zero-order valence-electron chi connectivity index (χ0n) is 14.5. The highest BCUT2D eigenvalue weighted by Gasteiger charge is 2.15. The van der Waals surface area contributed by atoms with Gasteiger partial charge in [-0.05, 0) is 44.2 Å². The van der Waals surface area contributed by atoms with Gasteiger partial charge in [-0.3, -0.25) is 4.79 Å². The smallest absolute Gasteiger partial charge is 0.331 e. The number of para-hydroxylation sites is 1. The molecule has 1 aromatic carbocycles. The lowest BCUT2D eigenvalue weighted by atomic mass is 10.2. The molecule has 0 fully saturated rings. The van der Waals surface area contributed by atoms with E-state index in [-0.39, 0.29) is 18.6 Å². The molecule has 0 spiro atoms. The van der Waals surface area contributed by atoms with Gasteiger partial charge in [0.15, 0.2) is 6.61 Å². The third-order valence-electron chi connectivity index (χ3n) is 3.74. The summed E-state index contributed by atoms with van der Waals surface area (Å²) in [5.41, 5.74) is 0.768. The number of nitrogens with one attached hydrogen (secondary N) is 1. The number of amides is 1. The maximum atomic E-state index is 12.0. The van der Waals surface area contributed by atoms with Crippen molar-refractivity contribution in [1.82, 2.24) is 5.32 Å². The molecule has 0 saturated heterocycles. The van der Waals surface area contributed by atoms with Crippen LogP contribution < -0.4 is 5.32 Å². The van der Waals surface area contributed by atoms with Crippen LogP contribution in [0, 0.1) is 6.92 Å². The van der Waals surface area contributed by atoms with E-state index in [0.29, 0.717) is 5.76 Å². The number of hydrogen-bond acceptors (Lipinski definition) is 5. The van der Waals surface area contributed by atoms with Crippen LogP contribution in [0.2, 0.25) is 0 Å². The number of furan rings is 1. The highest BCUT2D eigenvalue weighted by molar-refractivity contribution is 7.12. The molecular weight excluding hydrogens is 350 g/mol. The molecule has 134 valence electrons. The van der Waals surface area contributed by atoms with Crippen LogP contribution in [0.15, 0.2) is 53.0 Å². The van der Waals surface area contributed by atoms with Crippen molar-refractivity contribution < 1.29 is 18.7 Å². The van der Waals surface area contributed by atoms with E-state index >= 15 is 0 Å². The molecule has 26 heavy (non-hydrogen) atoms. The topological polar surface area (TPSA) is 68.5 Å². The molecule has 0 radical (unpaired) electrons. The normalized spacial score (nSPS) is 12.4. The largest absolute Gasteiger partial charge is 0.459 e. The van der Waals surface area contributed by atoms with Gasteiger partial charge in [-0.2, -0.15) is 0 Å². The van der Waals surface area contributed by atoms with Gasteiger partial charge in [-0.25, -0.2) is 4.79 Å². The highest BCUT2D eigenvalue weighted by Crippen LogP contribution is 2.23. The minimum Gasteiger partial charge on any atom is -0.459 e. The Morgan fingerprint density at radius 1 is 1.27 bits per heavy atom. The van der Waals surface area contributed by atoms with E-state index in [4.69, 9.17) is 9.15 Å². The highest BCUT2D eigenvalue weighted by atomic mass is 32.1. The van der Waals surface area contributed by atoms with Gasteiger partial charge in [0.1, 0.15) is 11.3 Å². The summed E-state index contributed by atoms with van der Waals surface area (Å²) in [6.45, 7) is 3.47. The molecule has 0 aliphatic heterocycles. The van der Waals surface area contributed by atoms with Crippen LogP contribution in [0.5, 0.6) is 0 Å². The average Bonchev–Trinajstić information content (AvgIpc) is 3.24. The first-order chi connectivity index (χ1) is 12.5. The van der Waals surface area contributed by atoms with E-state index < -0.39 is 5.97 Å². The standard InChI is InChI=1S/C20H19NO4S/c1-13-7-8-16(26-13)9-10-20(23)24-12-19(22)21-14(2)18-11-15-5-3-4-6-17(15)25-18/h3-11,14H,12H2,1-2H3,(H,21,22)/b10-9+/t14-/m1/s1. The number of fused-ring (bicyclic) bond motifs is 1. The van der Waals surface area contributed by atoms with Crippen molar-refractivity contribution in [3.8, 4) is 0 Å². The first kappa shape index (κ1) is 17.9. The second-order valence-electron chi connectivity index (χ2n) is 5.87. The molecule has 3 aromatic rings. The molecule has 0 unspecified atom stereocenters. The van der Waals surface area contributed by atoms with Crippen molar-refractivity contribution in [3.63, 3.8) is 0 Å². The van der Waals surface area contributed by atoms with Crippen LogP contribution in [-0.2, 0) is 14.3 Å². The summed E-state index contributed by atoms with van der Waals surface area (Å²) in [7, 11) is 0. The molecule has 0 aliphatic rings. The second-order valence-corrected chi connectivity index (χ2v) is 7.18. The molecule has 2 aromatic heterocycles. The summed E-state index contributed by atoms with van der Waals surface area (Å²) < 4.78 is 10.7. The van der Waals surface area contributed by atoms with E-state index in [0.717, 1.165) is 20.7 Å². The monoisotopic (exact) mass is 369 g/mol. The Kier molecular flexibility index (Phi) is 5.53. The van der Waals surface area contributed by atoms with Crippen LogP contribution in [0.3, 0.4) is 0 Å². The number of rotatable bonds is 6. The molecule has 0 saturated carbocycles. The van der Waals surface area contributed by atoms with Gasteiger partial charge in [-0.1, -0.05) is 18.2 Å². The molecule has 0 bridgehead atoms. The second kappa shape index (κ2) is 8.01. The molecule has 1 N–H and O–H groups in total. The summed E-state index contributed by atoms with van der Waals surface area (Å²) in [6.07, 6.45) is 3.00. The van der Waals surface area contributed by atoms with Gasteiger partial charge in [0.2, 0.25) is 0 Å². The summed E-state index contributed by atoms with van der Waals surface area (Å²) in [5, 5.41) is 3.73.